The molecule has 0 saturated carbocycles. The first-order chi connectivity index (χ1) is 11.7. The van der Waals surface area contributed by atoms with Crippen LogP contribution in [0, 0.1) is 5.82 Å². The van der Waals surface area contributed by atoms with Gasteiger partial charge in [-0.25, -0.2) is 4.39 Å². The van der Waals surface area contributed by atoms with Gasteiger partial charge in [0.15, 0.2) is 5.96 Å². The summed E-state index contributed by atoms with van der Waals surface area (Å²) in [5.41, 5.74) is 2.00. The summed E-state index contributed by atoms with van der Waals surface area (Å²) in [6.45, 7) is 8.31. The minimum Gasteiger partial charge on any atom is -0.361 e. The molecule has 2 aromatic rings. The van der Waals surface area contributed by atoms with E-state index in [1.165, 1.54) is 17.7 Å². The largest absolute Gasteiger partial charge is 0.361 e. The van der Waals surface area contributed by atoms with E-state index in [1.54, 1.807) is 0 Å². The Balaban J connectivity index is 0.00000312. The third-order valence-electron chi connectivity index (χ3n) is 3.97. The van der Waals surface area contributed by atoms with E-state index in [-0.39, 0.29) is 29.8 Å². The molecule has 2 N–H and O–H groups in total. The van der Waals surface area contributed by atoms with E-state index in [1.807, 2.05) is 18.3 Å². The van der Waals surface area contributed by atoms with Gasteiger partial charge in [0.2, 0.25) is 0 Å². The number of rotatable bonds is 8. The van der Waals surface area contributed by atoms with E-state index in [0.717, 1.165) is 49.2 Å². The van der Waals surface area contributed by atoms with E-state index in [2.05, 4.69) is 35.8 Å². The molecular weight excluding hydrogens is 430 g/mol. The lowest BCUT2D eigenvalue weighted by Crippen LogP contribution is -2.39. The predicted octanol–water partition coefficient (Wildman–Crippen LogP) is 4.33. The molecule has 0 unspecified atom stereocenters. The Hall–Kier alpha value is -1.57. The highest BCUT2D eigenvalue weighted by Crippen LogP contribution is 2.19. The maximum absolute atomic E-state index is 13.2. The van der Waals surface area contributed by atoms with Gasteiger partial charge in [-0.15, -0.1) is 30.6 Å². The molecule has 0 atom stereocenters. The zero-order valence-electron chi connectivity index (χ0n) is 15.0. The molecule has 1 aromatic heterocycles. The molecule has 4 nitrogen and oxygen atoms in total. The number of benzene rings is 1. The second-order valence-corrected chi connectivity index (χ2v) is 5.84. The fraction of sp³-hybridized carbons (Fsp3) is 0.421. The number of aromatic amines is 1. The van der Waals surface area contributed by atoms with E-state index in [4.69, 9.17) is 4.99 Å². The summed E-state index contributed by atoms with van der Waals surface area (Å²) >= 11 is 0. The van der Waals surface area contributed by atoms with Crippen molar-refractivity contribution in [3.63, 3.8) is 0 Å². The highest BCUT2D eigenvalue weighted by Gasteiger charge is 2.07. The lowest BCUT2D eigenvalue weighted by molar-refractivity contribution is 0.470. The number of fused-ring (bicyclic) bond motifs is 1. The van der Waals surface area contributed by atoms with Gasteiger partial charge < -0.3 is 15.2 Å². The molecule has 6 heteroatoms. The standard InChI is InChI=1S/C19H27FN4.HI/c1-4-6-7-12-24(3)19(21-5-2)22-11-10-15-14-23-18-13-16(20)8-9-17(15)18;/h4,8-9,13-14,23H,1,5-7,10-12H2,2-3H3,(H,21,22);1H. The van der Waals surface area contributed by atoms with Crippen molar-refractivity contribution < 1.29 is 4.39 Å². The smallest absolute Gasteiger partial charge is 0.193 e. The molecule has 0 aliphatic heterocycles. The van der Waals surface area contributed by atoms with Crippen LogP contribution in [0.5, 0.6) is 0 Å². The van der Waals surface area contributed by atoms with Gasteiger partial charge in [-0.3, -0.25) is 4.99 Å². The van der Waals surface area contributed by atoms with Crippen LogP contribution in [0.1, 0.15) is 25.3 Å². The Morgan fingerprint density at radius 1 is 1.44 bits per heavy atom. The van der Waals surface area contributed by atoms with Crippen LogP contribution in [0.25, 0.3) is 10.9 Å². The van der Waals surface area contributed by atoms with Crippen LogP contribution < -0.4 is 5.32 Å². The zero-order chi connectivity index (χ0) is 17.4. The molecule has 0 radical (unpaired) electrons. The molecule has 138 valence electrons. The number of aromatic nitrogens is 1. The van der Waals surface area contributed by atoms with Gasteiger partial charge >= 0.3 is 0 Å². The van der Waals surface area contributed by atoms with Crippen LogP contribution in [0.4, 0.5) is 4.39 Å². The van der Waals surface area contributed by atoms with Gasteiger partial charge in [-0.05, 0) is 49.9 Å². The quantitative estimate of drug-likeness (QED) is 0.203. The summed E-state index contributed by atoms with van der Waals surface area (Å²) < 4.78 is 13.2. The number of aliphatic imine (C=N–C) groups is 1. The van der Waals surface area contributed by atoms with Gasteiger partial charge in [0.25, 0.3) is 0 Å². The molecule has 1 heterocycles. The maximum Gasteiger partial charge on any atom is 0.193 e. The Bertz CT molecular complexity index is 696. The molecule has 25 heavy (non-hydrogen) atoms. The zero-order valence-corrected chi connectivity index (χ0v) is 17.3. The third kappa shape index (κ3) is 6.34. The number of nitrogens with one attached hydrogen (secondary N) is 2. The van der Waals surface area contributed by atoms with Gasteiger partial charge in [0, 0.05) is 43.8 Å². The van der Waals surface area contributed by atoms with Crippen LogP contribution in [-0.4, -0.2) is 42.5 Å². The number of nitrogens with zero attached hydrogens (tertiary/aromatic N) is 2. The Morgan fingerprint density at radius 3 is 2.96 bits per heavy atom. The second-order valence-electron chi connectivity index (χ2n) is 5.84. The predicted molar refractivity (Wildman–Crippen MR) is 115 cm³/mol. The van der Waals surface area contributed by atoms with Crippen molar-refractivity contribution in [2.45, 2.75) is 26.2 Å². The molecule has 0 amide bonds. The van der Waals surface area contributed by atoms with Crippen LogP contribution in [0.3, 0.4) is 0 Å². The number of unbranched alkanes of at least 4 members (excludes halogenated alkanes) is 1. The first kappa shape index (κ1) is 21.5. The van der Waals surface area contributed by atoms with Crippen LogP contribution in [-0.2, 0) is 6.42 Å². The minimum absolute atomic E-state index is 0. The molecule has 0 aliphatic rings. The number of guanidine groups is 1. The monoisotopic (exact) mass is 458 g/mol. The highest BCUT2D eigenvalue weighted by atomic mass is 127. The molecule has 0 aliphatic carbocycles. The summed E-state index contributed by atoms with van der Waals surface area (Å²) in [5, 5.41) is 4.39. The van der Waals surface area contributed by atoms with Crippen molar-refractivity contribution in [2.24, 2.45) is 4.99 Å². The second kappa shape index (κ2) is 11.1. The number of hydrogen-bond donors (Lipinski definition) is 2. The molecular formula is C19H28FIN4. The minimum atomic E-state index is -0.218. The summed E-state index contributed by atoms with van der Waals surface area (Å²) in [7, 11) is 2.05. The van der Waals surface area contributed by atoms with E-state index >= 15 is 0 Å². The average Bonchev–Trinajstić information content (AvgIpc) is 2.96. The third-order valence-corrected chi connectivity index (χ3v) is 3.97. The van der Waals surface area contributed by atoms with Crippen molar-refractivity contribution in [2.75, 3.05) is 26.7 Å². The van der Waals surface area contributed by atoms with Gasteiger partial charge in [0.05, 0.1) is 0 Å². The number of halogens is 2. The molecule has 0 bridgehead atoms. The Morgan fingerprint density at radius 2 is 2.24 bits per heavy atom. The molecule has 0 spiro atoms. The van der Waals surface area contributed by atoms with Crippen molar-refractivity contribution in [3.05, 3.63) is 48.4 Å². The highest BCUT2D eigenvalue weighted by molar-refractivity contribution is 14.0. The van der Waals surface area contributed by atoms with Crippen molar-refractivity contribution in [1.29, 1.82) is 0 Å². The molecule has 1 aromatic carbocycles. The van der Waals surface area contributed by atoms with Crippen LogP contribution in [0.15, 0.2) is 42.0 Å². The maximum atomic E-state index is 13.2. The van der Waals surface area contributed by atoms with Gasteiger partial charge in [-0.2, -0.15) is 0 Å². The van der Waals surface area contributed by atoms with E-state index in [9.17, 15) is 4.39 Å². The summed E-state index contributed by atoms with van der Waals surface area (Å²) in [6.07, 6.45) is 6.78. The fourth-order valence-corrected chi connectivity index (χ4v) is 2.70. The SMILES string of the molecule is C=CCCCN(C)C(=NCCc1c[nH]c2cc(F)ccc12)NCC.I. The molecule has 0 saturated heterocycles. The van der Waals surface area contributed by atoms with Gasteiger partial charge in [-0.1, -0.05) is 6.08 Å². The van der Waals surface area contributed by atoms with Crippen LogP contribution >= 0.6 is 24.0 Å². The first-order valence-corrected chi connectivity index (χ1v) is 8.51. The molecule has 2 rings (SSSR count). The Labute approximate surface area is 166 Å². The Kier molecular flexibility index (Phi) is 9.55. The lowest BCUT2D eigenvalue weighted by atomic mass is 10.1. The fourth-order valence-electron chi connectivity index (χ4n) is 2.70. The number of allylic oxidation sites excluding steroid dienone is 1. The lowest BCUT2D eigenvalue weighted by Gasteiger charge is -2.21. The van der Waals surface area contributed by atoms with E-state index in [0.29, 0.717) is 6.54 Å². The number of hydrogen-bond acceptors (Lipinski definition) is 1. The summed E-state index contributed by atoms with van der Waals surface area (Å²) in [5.74, 6) is 0.706. The van der Waals surface area contributed by atoms with Crippen molar-refractivity contribution >= 4 is 40.8 Å². The van der Waals surface area contributed by atoms with Crippen molar-refractivity contribution in [1.82, 2.24) is 15.2 Å². The number of H-pyrrole nitrogens is 1. The average molecular weight is 458 g/mol. The van der Waals surface area contributed by atoms with E-state index < -0.39 is 0 Å². The first-order valence-electron chi connectivity index (χ1n) is 8.51. The summed E-state index contributed by atoms with van der Waals surface area (Å²) in [6, 6.07) is 4.85. The van der Waals surface area contributed by atoms with Crippen LogP contribution in [0.2, 0.25) is 0 Å². The summed E-state index contributed by atoms with van der Waals surface area (Å²) in [4.78, 5) is 9.98. The van der Waals surface area contributed by atoms with Crippen molar-refractivity contribution in [3.8, 4) is 0 Å². The molecule has 0 fully saturated rings. The topological polar surface area (TPSA) is 43.4 Å². The van der Waals surface area contributed by atoms with Gasteiger partial charge in [0.1, 0.15) is 5.82 Å². The normalized spacial score (nSPS) is 11.2.